The Morgan fingerprint density at radius 3 is 2.55 bits per heavy atom. The Kier molecular flexibility index (Phi) is 8.38. The lowest BCUT2D eigenvalue weighted by Gasteiger charge is -2.37. The van der Waals surface area contributed by atoms with Gasteiger partial charge in [0, 0.05) is 32.3 Å². The summed E-state index contributed by atoms with van der Waals surface area (Å²) < 4.78 is 49.9. The van der Waals surface area contributed by atoms with Crippen molar-refractivity contribution in [2.75, 3.05) is 56.0 Å². The molecular formula is C26H29F3N8O5. The van der Waals surface area contributed by atoms with Crippen LogP contribution in [0.25, 0.3) is 0 Å². The van der Waals surface area contributed by atoms with Gasteiger partial charge in [0.05, 0.1) is 16.8 Å². The molecule has 0 fully saturated rings. The van der Waals surface area contributed by atoms with Crippen LogP contribution in [0.2, 0.25) is 0 Å². The van der Waals surface area contributed by atoms with Gasteiger partial charge in [-0.05, 0) is 46.1 Å². The van der Waals surface area contributed by atoms with E-state index in [4.69, 9.17) is 9.47 Å². The smallest absolute Gasteiger partial charge is 0.422 e. The Balaban J connectivity index is 1.72. The number of anilines is 5. The highest BCUT2D eigenvalue weighted by molar-refractivity contribution is 6.07. The number of pyridine rings is 1. The zero-order valence-electron chi connectivity index (χ0n) is 23.5. The van der Waals surface area contributed by atoms with Gasteiger partial charge in [-0.15, -0.1) is 0 Å². The molecule has 224 valence electrons. The molecule has 0 saturated carbocycles. The number of halogens is 3. The van der Waals surface area contributed by atoms with Crippen molar-refractivity contribution in [3.8, 4) is 11.6 Å². The largest absolute Gasteiger partial charge is 0.472 e. The number of carbonyl (C=O) groups excluding carboxylic acids is 1. The number of rotatable bonds is 10. The van der Waals surface area contributed by atoms with E-state index in [2.05, 4.69) is 20.3 Å². The lowest BCUT2D eigenvalue weighted by molar-refractivity contribution is -0.384. The number of alkyl halides is 3. The standard InChI is InChI=1S/C26H29F3N8O5/c1-25(2)23(38)36(16-7-6-8-17(13-16)37(39)40)21-19(42-25)14-30-24(33-21)31-18-9-10-20(35(5)12-11-34(3)4)32-22(18)41-15-26(27,28)29/h6-10,13-14H,11-12,15H2,1-5H3,(H,30,31,33). The molecule has 4 rings (SSSR count). The topological polar surface area (TPSA) is 139 Å². The first-order valence-electron chi connectivity index (χ1n) is 12.6. The molecule has 13 nitrogen and oxygen atoms in total. The number of nitro groups is 1. The predicted octanol–water partition coefficient (Wildman–Crippen LogP) is 4.30. The molecule has 0 bridgehead atoms. The van der Waals surface area contributed by atoms with Gasteiger partial charge in [0.25, 0.3) is 11.6 Å². The van der Waals surface area contributed by atoms with E-state index >= 15 is 0 Å². The maximum Gasteiger partial charge on any atom is 0.422 e. The van der Waals surface area contributed by atoms with Crippen molar-refractivity contribution in [3.05, 3.63) is 52.7 Å². The second-order valence-electron chi connectivity index (χ2n) is 10.2. The van der Waals surface area contributed by atoms with Crippen LogP contribution in [-0.4, -0.2) is 83.3 Å². The number of hydrogen-bond donors (Lipinski definition) is 1. The minimum atomic E-state index is -4.61. The molecule has 1 aliphatic rings. The Morgan fingerprint density at radius 1 is 1.14 bits per heavy atom. The maximum atomic E-state index is 13.4. The third kappa shape index (κ3) is 6.94. The van der Waals surface area contributed by atoms with Gasteiger partial charge in [0.1, 0.15) is 11.5 Å². The number of amides is 1. The number of nitrogens with zero attached hydrogens (tertiary/aromatic N) is 7. The van der Waals surface area contributed by atoms with Crippen molar-refractivity contribution in [2.24, 2.45) is 0 Å². The van der Waals surface area contributed by atoms with Gasteiger partial charge in [-0.1, -0.05) is 6.07 Å². The summed E-state index contributed by atoms with van der Waals surface area (Å²) in [5, 5.41) is 14.2. The first-order valence-corrected chi connectivity index (χ1v) is 12.6. The number of aromatic nitrogens is 3. The normalized spacial score (nSPS) is 14.3. The Morgan fingerprint density at radius 2 is 1.88 bits per heavy atom. The number of non-ortho nitro benzene ring substituents is 1. The highest BCUT2D eigenvalue weighted by atomic mass is 19.4. The van der Waals surface area contributed by atoms with Gasteiger partial charge in [-0.25, -0.2) is 4.98 Å². The summed E-state index contributed by atoms with van der Waals surface area (Å²) in [5.74, 6) is -0.547. The number of nitrogens with one attached hydrogen (secondary N) is 1. The Hall–Kier alpha value is -4.73. The number of fused-ring (bicyclic) bond motifs is 1. The van der Waals surface area contributed by atoms with Crippen LogP contribution in [0.5, 0.6) is 11.6 Å². The molecule has 0 unspecified atom stereocenters. The summed E-state index contributed by atoms with van der Waals surface area (Å²) >= 11 is 0. The van der Waals surface area contributed by atoms with Crippen molar-refractivity contribution >= 4 is 40.6 Å². The molecule has 0 saturated heterocycles. The molecule has 2 aromatic heterocycles. The van der Waals surface area contributed by atoms with Gasteiger partial charge in [-0.2, -0.15) is 23.1 Å². The van der Waals surface area contributed by atoms with Crippen molar-refractivity contribution in [3.63, 3.8) is 0 Å². The first-order chi connectivity index (χ1) is 19.6. The van der Waals surface area contributed by atoms with E-state index in [-0.39, 0.29) is 40.5 Å². The predicted molar refractivity (Wildman–Crippen MR) is 148 cm³/mol. The van der Waals surface area contributed by atoms with E-state index in [9.17, 15) is 28.1 Å². The van der Waals surface area contributed by atoms with E-state index in [1.807, 2.05) is 19.0 Å². The van der Waals surface area contributed by atoms with Gasteiger partial charge in [-0.3, -0.25) is 19.8 Å². The maximum absolute atomic E-state index is 13.4. The number of benzene rings is 1. The molecule has 3 heterocycles. The summed E-state index contributed by atoms with van der Waals surface area (Å²) in [6.45, 7) is 2.71. The average molecular weight is 591 g/mol. The van der Waals surface area contributed by atoms with Gasteiger partial charge in [0.2, 0.25) is 11.8 Å². The summed E-state index contributed by atoms with van der Waals surface area (Å²) in [7, 11) is 5.54. The molecule has 1 aliphatic heterocycles. The quantitative estimate of drug-likeness (QED) is 0.267. The van der Waals surface area contributed by atoms with Crippen LogP contribution in [0.15, 0.2) is 42.6 Å². The molecular weight excluding hydrogens is 561 g/mol. The molecule has 1 N–H and O–H groups in total. The van der Waals surface area contributed by atoms with E-state index < -0.39 is 29.2 Å². The summed E-state index contributed by atoms with van der Waals surface area (Å²) in [5.41, 5.74) is -1.40. The van der Waals surface area contributed by atoms with Gasteiger partial charge < -0.3 is 24.6 Å². The van der Waals surface area contributed by atoms with Gasteiger partial charge >= 0.3 is 6.18 Å². The average Bonchev–Trinajstić information content (AvgIpc) is 2.91. The number of carbonyl (C=O) groups is 1. The number of nitro benzene ring substituents is 1. The van der Waals surface area contributed by atoms with Crippen molar-refractivity contribution < 1.29 is 32.4 Å². The third-order valence-corrected chi connectivity index (χ3v) is 6.07. The molecule has 0 spiro atoms. The first kappa shape index (κ1) is 30.2. The molecule has 0 atom stereocenters. The monoisotopic (exact) mass is 590 g/mol. The van der Waals surface area contributed by atoms with Gasteiger partial charge in [0.15, 0.2) is 23.8 Å². The molecule has 0 radical (unpaired) electrons. The molecule has 42 heavy (non-hydrogen) atoms. The van der Waals surface area contributed by atoms with Crippen molar-refractivity contribution in [1.29, 1.82) is 0 Å². The fourth-order valence-corrected chi connectivity index (χ4v) is 3.91. The van der Waals surface area contributed by atoms with Crippen LogP contribution in [0, 0.1) is 10.1 Å². The second kappa shape index (κ2) is 11.6. The number of hydrogen-bond acceptors (Lipinski definition) is 11. The number of ether oxygens (including phenoxy) is 2. The highest BCUT2D eigenvalue weighted by Crippen LogP contribution is 2.42. The molecule has 0 aliphatic carbocycles. The van der Waals surface area contributed by atoms with E-state index in [1.165, 1.54) is 55.3 Å². The van der Waals surface area contributed by atoms with Crippen LogP contribution < -0.4 is 24.6 Å². The fourth-order valence-electron chi connectivity index (χ4n) is 3.91. The zero-order chi connectivity index (χ0) is 30.8. The SMILES string of the molecule is CN(C)CCN(C)c1ccc(Nc2ncc3c(n2)N(c2cccc([N+](=O)[O-])c2)C(=O)C(C)(C)O3)c(OCC(F)(F)F)n1. The van der Waals surface area contributed by atoms with Crippen LogP contribution in [0.4, 0.5) is 47.8 Å². The molecule has 3 aromatic rings. The molecule has 1 amide bonds. The highest BCUT2D eigenvalue weighted by Gasteiger charge is 2.43. The van der Waals surface area contributed by atoms with E-state index in [1.54, 1.807) is 18.0 Å². The van der Waals surface area contributed by atoms with Crippen LogP contribution in [-0.2, 0) is 4.79 Å². The summed E-state index contributed by atoms with van der Waals surface area (Å²) in [6, 6.07) is 8.51. The van der Waals surface area contributed by atoms with Crippen molar-refractivity contribution in [2.45, 2.75) is 25.6 Å². The van der Waals surface area contributed by atoms with Crippen LogP contribution in [0.1, 0.15) is 13.8 Å². The minimum absolute atomic E-state index is 0.0249. The minimum Gasteiger partial charge on any atom is -0.472 e. The zero-order valence-corrected chi connectivity index (χ0v) is 23.5. The van der Waals surface area contributed by atoms with Crippen LogP contribution in [0.3, 0.4) is 0 Å². The second-order valence-corrected chi connectivity index (χ2v) is 10.2. The Bertz CT molecular complexity index is 1480. The van der Waals surface area contributed by atoms with E-state index in [0.717, 1.165) is 0 Å². The third-order valence-electron chi connectivity index (χ3n) is 6.07. The van der Waals surface area contributed by atoms with Crippen LogP contribution >= 0.6 is 0 Å². The summed E-state index contributed by atoms with van der Waals surface area (Å²) in [6.07, 6.45) is -3.33. The lowest BCUT2D eigenvalue weighted by Crippen LogP contribution is -2.51. The molecule has 16 heteroatoms. The fraction of sp³-hybridized carbons (Fsp3) is 0.385. The summed E-state index contributed by atoms with van der Waals surface area (Å²) in [4.78, 5) is 41.9. The molecule has 1 aromatic carbocycles. The Labute approximate surface area is 239 Å². The van der Waals surface area contributed by atoms with Crippen molar-refractivity contribution in [1.82, 2.24) is 19.9 Å². The lowest BCUT2D eigenvalue weighted by atomic mass is 10.0. The van der Waals surface area contributed by atoms with E-state index in [0.29, 0.717) is 18.9 Å². The number of likely N-dealkylation sites (N-methyl/N-ethyl adjacent to an activating group) is 2.